The zero-order chi connectivity index (χ0) is 21.5. The van der Waals surface area contributed by atoms with E-state index in [1.165, 1.54) is 6.92 Å². The molecule has 0 saturated carbocycles. The van der Waals surface area contributed by atoms with Gasteiger partial charge >= 0.3 is 5.97 Å². The summed E-state index contributed by atoms with van der Waals surface area (Å²) in [5, 5.41) is 0.578. The van der Waals surface area contributed by atoms with Crippen LogP contribution in [0, 0.1) is 0 Å². The number of rotatable bonds is 7. The smallest absolute Gasteiger partial charge is 0.340 e. The van der Waals surface area contributed by atoms with Crippen LogP contribution in [0.1, 0.15) is 23.6 Å². The molecule has 0 atom stereocenters. The molecule has 2 aromatic rings. The van der Waals surface area contributed by atoms with Crippen molar-refractivity contribution in [3.63, 3.8) is 0 Å². The van der Waals surface area contributed by atoms with E-state index < -0.39 is 5.97 Å². The quantitative estimate of drug-likeness (QED) is 0.535. The molecule has 1 aliphatic heterocycles. The number of nitrogens with zero attached hydrogens (tertiary/aromatic N) is 2. The number of amides is 1. The highest BCUT2D eigenvalue weighted by molar-refractivity contribution is 6.30. The van der Waals surface area contributed by atoms with Crippen molar-refractivity contribution in [3.8, 4) is 5.75 Å². The largest absolute Gasteiger partial charge is 0.352 e. The van der Waals surface area contributed by atoms with Gasteiger partial charge in [-0.15, -0.1) is 0 Å². The predicted octanol–water partition coefficient (Wildman–Crippen LogP) is 2.54. The van der Waals surface area contributed by atoms with Gasteiger partial charge in [0.1, 0.15) is 0 Å². The number of carbonyl (C=O) groups excluding carboxylic acids is 2. The number of halogens is 1. The average molecular weight is 432 g/mol. The highest BCUT2D eigenvalue weighted by Gasteiger charge is 2.22. The summed E-state index contributed by atoms with van der Waals surface area (Å²) in [6.45, 7) is 5.13. The standard InChI is InChI=1S/C22H26ClN3O4/c1-16(27)29-30-21-7-6-20(23)13-19(21)15-25-8-10-26(11-9-25)22(28)12-17-2-4-18(14-24)5-3-17/h2-7,13H,8-12,14-15,24H2,1H3. The van der Waals surface area contributed by atoms with E-state index in [0.717, 1.165) is 29.8 Å². The van der Waals surface area contributed by atoms with Crippen LogP contribution in [0.4, 0.5) is 0 Å². The highest BCUT2D eigenvalue weighted by atomic mass is 35.5. The van der Waals surface area contributed by atoms with Crippen LogP contribution in [0.2, 0.25) is 5.02 Å². The molecule has 2 aromatic carbocycles. The minimum absolute atomic E-state index is 0.122. The fourth-order valence-corrected chi connectivity index (χ4v) is 3.53. The van der Waals surface area contributed by atoms with E-state index in [4.69, 9.17) is 22.2 Å². The van der Waals surface area contributed by atoms with Gasteiger partial charge in [-0.2, -0.15) is 0 Å². The summed E-state index contributed by atoms with van der Waals surface area (Å²) < 4.78 is 0. The third kappa shape index (κ3) is 6.19. The number of carbonyl (C=O) groups is 2. The number of piperazine rings is 1. The first-order valence-corrected chi connectivity index (χ1v) is 10.2. The van der Waals surface area contributed by atoms with Crippen LogP contribution in [0.5, 0.6) is 5.75 Å². The molecule has 0 bridgehead atoms. The summed E-state index contributed by atoms with van der Waals surface area (Å²) in [5.74, 6) is 0.0477. The van der Waals surface area contributed by atoms with Gasteiger partial charge < -0.3 is 10.6 Å². The molecule has 8 heteroatoms. The molecule has 1 fully saturated rings. The summed E-state index contributed by atoms with van der Waals surface area (Å²) in [7, 11) is 0. The van der Waals surface area contributed by atoms with E-state index in [0.29, 0.717) is 43.4 Å². The van der Waals surface area contributed by atoms with E-state index in [1.807, 2.05) is 29.2 Å². The molecule has 0 radical (unpaired) electrons. The zero-order valence-corrected chi connectivity index (χ0v) is 17.7. The second kappa shape index (κ2) is 10.4. The number of benzene rings is 2. The predicted molar refractivity (Wildman–Crippen MR) is 114 cm³/mol. The second-order valence-corrected chi connectivity index (χ2v) is 7.70. The molecule has 1 heterocycles. The van der Waals surface area contributed by atoms with Crippen molar-refractivity contribution in [2.24, 2.45) is 5.73 Å². The number of nitrogens with two attached hydrogens (primary N) is 1. The molecular weight excluding hydrogens is 406 g/mol. The Morgan fingerprint density at radius 1 is 1.03 bits per heavy atom. The van der Waals surface area contributed by atoms with E-state index in [9.17, 15) is 9.59 Å². The Hall–Kier alpha value is -2.61. The molecule has 0 spiro atoms. The fraction of sp³-hybridized carbons (Fsp3) is 0.364. The Kier molecular flexibility index (Phi) is 7.68. The van der Waals surface area contributed by atoms with Gasteiger partial charge in [-0.3, -0.25) is 19.5 Å². The van der Waals surface area contributed by atoms with Crippen molar-refractivity contribution in [1.82, 2.24) is 9.80 Å². The van der Waals surface area contributed by atoms with Gasteiger partial charge in [-0.1, -0.05) is 35.9 Å². The van der Waals surface area contributed by atoms with Crippen LogP contribution in [0.25, 0.3) is 0 Å². The van der Waals surface area contributed by atoms with E-state index in [2.05, 4.69) is 9.79 Å². The molecule has 0 aliphatic carbocycles. The summed E-state index contributed by atoms with van der Waals surface area (Å²) in [6.07, 6.45) is 0.388. The van der Waals surface area contributed by atoms with Gasteiger partial charge in [0, 0.05) is 56.8 Å². The lowest BCUT2D eigenvalue weighted by molar-refractivity contribution is -0.211. The molecule has 3 rings (SSSR count). The van der Waals surface area contributed by atoms with Crippen molar-refractivity contribution < 1.29 is 19.4 Å². The third-order valence-electron chi connectivity index (χ3n) is 5.00. The Balaban J connectivity index is 1.53. The lowest BCUT2D eigenvalue weighted by Crippen LogP contribution is -2.48. The Morgan fingerprint density at radius 2 is 1.70 bits per heavy atom. The second-order valence-electron chi connectivity index (χ2n) is 7.26. The van der Waals surface area contributed by atoms with Crippen LogP contribution in [0.3, 0.4) is 0 Å². The molecule has 160 valence electrons. The van der Waals surface area contributed by atoms with Crippen LogP contribution >= 0.6 is 11.6 Å². The molecule has 7 nitrogen and oxygen atoms in total. The summed E-state index contributed by atoms with van der Waals surface area (Å²) in [5.41, 5.74) is 8.48. The van der Waals surface area contributed by atoms with Gasteiger partial charge in [-0.05, 0) is 29.3 Å². The monoisotopic (exact) mass is 431 g/mol. The number of hydrogen-bond acceptors (Lipinski definition) is 6. The van der Waals surface area contributed by atoms with Crippen molar-refractivity contribution in [2.45, 2.75) is 26.4 Å². The van der Waals surface area contributed by atoms with Crippen molar-refractivity contribution in [3.05, 3.63) is 64.2 Å². The van der Waals surface area contributed by atoms with Crippen LogP contribution < -0.4 is 10.6 Å². The maximum atomic E-state index is 12.6. The van der Waals surface area contributed by atoms with Gasteiger partial charge in [0.15, 0.2) is 5.75 Å². The highest BCUT2D eigenvalue weighted by Crippen LogP contribution is 2.25. The SMILES string of the molecule is CC(=O)OOc1ccc(Cl)cc1CN1CCN(C(=O)Cc2ccc(CN)cc2)CC1. The maximum Gasteiger partial charge on any atom is 0.352 e. The van der Waals surface area contributed by atoms with Crippen LogP contribution in [-0.2, 0) is 34.0 Å². The first-order chi connectivity index (χ1) is 14.4. The molecular formula is C22H26ClN3O4. The molecule has 1 saturated heterocycles. The lowest BCUT2D eigenvalue weighted by Gasteiger charge is -2.35. The summed E-state index contributed by atoms with van der Waals surface area (Å²) in [6, 6.07) is 13.0. The Labute approximate surface area is 181 Å². The van der Waals surface area contributed by atoms with Gasteiger partial charge in [0.25, 0.3) is 0 Å². The van der Waals surface area contributed by atoms with Crippen molar-refractivity contribution >= 4 is 23.5 Å². The molecule has 1 amide bonds. The molecule has 2 N–H and O–H groups in total. The van der Waals surface area contributed by atoms with Gasteiger partial charge in [0.2, 0.25) is 5.91 Å². The molecule has 30 heavy (non-hydrogen) atoms. The summed E-state index contributed by atoms with van der Waals surface area (Å²) >= 11 is 6.12. The molecule has 0 aromatic heterocycles. The minimum atomic E-state index is -0.527. The first-order valence-electron chi connectivity index (χ1n) is 9.86. The summed E-state index contributed by atoms with van der Waals surface area (Å²) in [4.78, 5) is 37.5. The Bertz CT molecular complexity index is 880. The molecule has 0 unspecified atom stereocenters. The van der Waals surface area contributed by atoms with Gasteiger partial charge in [0.05, 0.1) is 6.42 Å². The van der Waals surface area contributed by atoms with Gasteiger partial charge in [-0.25, -0.2) is 4.79 Å². The minimum Gasteiger partial charge on any atom is -0.340 e. The topological polar surface area (TPSA) is 85.1 Å². The normalized spacial score (nSPS) is 14.4. The van der Waals surface area contributed by atoms with E-state index in [1.54, 1.807) is 18.2 Å². The zero-order valence-electron chi connectivity index (χ0n) is 17.0. The maximum absolute atomic E-state index is 12.6. The van der Waals surface area contributed by atoms with E-state index >= 15 is 0 Å². The van der Waals surface area contributed by atoms with Crippen molar-refractivity contribution in [2.75, 3.05) is 26.2 Å². The Morgan fingerprint density at radius 3 is 2.33 bits per heavy atom. The first kappa shape index (κ1) is 22.1. The van der Waals surface area contributed by atoms with Crippen LogP contribution in [0.15, 0.2) is 42.5 Å². The third-order valence-corrected chi connectivity index (χ3v) is 5.24. The molecule has 1 aliphatic rings. The lowest BCUT2D eigenvalue weighted by atomic mass is 10.1. The van der Waals surface area contributed by atoms with E-state index in [-0.39, 0.29) is 5.91 Å². The van der Waals surface area contributed by atoms with Crippen molar-refractivity contribution in [1.29, 1.82) is 0 Å². The average Bonchev–Trinajstić information content (AvgIpc) is 2.74. The fourth-order valence-electron chi connectivity index (χ4n) is 3.33. The number of hydrogen-bond donors (Lipinski definition) is 1. The van der Waals surface area contributed by atoms with Crippen LogP contribution in [-0.4, -0.2) is 47.9 Å².